The summed E-state index contributed by atoms with van der Waals surface area (Å²) in [5.74, 6) is -2.69. The number of sulfonamides is 1. The van der Waals surface area contributed by atoms with Gasteiger partial charge in [-0.2, -0.15) is 0 Å². The zero-order chi connectivity index (χ0) is 23.3. The Hall–Kier alpha value is -3.46. The first-order chi connectivity index (χ1) is 15.2. The molecule has 0 bridgehead atoms. The van der Waals surface area contributed by atoms with Crippen LogP contribution >= 0.6 is 0 Å². The van der Waals surface area contributed by atoms with Crippen molar-refractivity contribution in [3.63, 3.8) is 0 Å². The summed E-state index contributed by atoms with van der Waals surface area (Å²) in [5.41, 5.74) is 1.57. The van der Waals surface area contributed by atoms with Gasteiger partial charge in [0, 0.05) is 36.6 Å². The predicted octanol–water partition coefficient (Wildman–Crippen LogP) is 4.02. The highest BCUT2D eigenvalue weighted by atomic mass is 32.2. The average molecular weight is 460 g/mol. The van der Waals surface area contributed by atoms with Crippen molar-refractivity contribution in [2.75, 3.05) is 23.2 Å². The molecule has 0 aromatic heterocycles. The van der Waals surface area contributed by atoms with Gasteiger partial charge in [0.2, 0.25) is 0 Å². The van der Waals surface area contributed by atoms with Gasteiger partial charge in [-0.3, -0.25) is 9.52 Å². The van der Waals surface area contributed by atoms with E-state index < -0.39 is 26.6 Å². The smallest absolute Gasteiger partial charge is 0.261 e. The Morgan fingerprint density at radius 1 is 0.969 bits per heavy atom. The van der Waals surface area contributed by atoms with Crippen LogP contribution in [0, 0.1) is 11.6 Å². The number of carbonyl (C=O) groups excluding carboxylic acids is 1. The van der Waals surface area contributed by atoms with E-state index in [0.717, 1.165) is 17.8 Å². The number of anilines is 2. The van der Waals surface area contributed by atoms with E-state index in [1.807, 2.05) is 44.3 Å². The minimum Gasteiger partial charge on any atom is -0.370 e. The van der Waals surface area contributed by atoms with E-state index in [0.29, 0.717) is 18.2 Å². The molecule has 0 aliphatic carbocycles. The van der Waals surface area contributed by atoms with Crippen molar-refractivity contribution in [2.24, 2.45) is 0 Å². The quantitative estimate of drug-likeness (QED) is 0.533. The molecule has 168 valence electrons. The Labute approximate surface area is 185 Å². The molecule has 1 atom stereocenters. The van der Waals surface area contributed by atoms with Gasteiger partial charge in [0.25, 0.3) is 15.9 Å². The zero-order valence-corrected chi connectivity index (χ0v) is 18.4. The second kappa shape index (κ2) is 9.78. The van der Waals surface area contributed by atoms with Crippen LogP contribution in [0.2, 0.25) is 0 Å². The van der Waals surface area contributed by atoms with Crippen LogP contribution in [0.3, 0.4) is 0 Å². The van der Waals surface area contributed by atoms with Crippen LogP contribution in [0.5, 0.6) is 0 Å². The van der Waals surface area contributed by atoms with Gasteiger partial charge in [-0.05, 0) is 61.5 Å². The molecule has 0 radical (unpaired) electrons. The van der Waals surface area contributed by atoms with Gasteiger partial charge in [-0.1, -0.05) is 18.2 Å². The number of rotatable bonds is 8. The molecule has 3 aromatic carbocycles. The van der Waals surface area contributed by atoms with Crippen molar-refractivity contribution in [3.05, 3.63) is 90.0 Å². The highest BCUT2D eigenvalue weighted by molar-refractivity contribution is 7.92. The first-order valence-corrected chi connectivity index (χ1v) is 11.3. The highest BCUT2D eigenvalue weighted by Gasteiger charge is 2.17. The lowest BCUT2D eigenvalue weighted by Gasteiger charge is -2.27. The second-order valence-corrected chi connectivity index (χ2v) is 8.95. The monoisotopic (exact) mass is 459 g/mol. The molecule has 0 heterocycles. The van der Waals surface area contributed by atoms with Gasteiger partial charge in [0.1, 0.15) is 0 Å². The molecule has 0 aliphatic heterocycles. The lowest BCUT2D eigenvalue weighted by atomic mass is 10.2. The summed E-state index contributed by atoms with van der Waals surface area (Å²) in [6.07, 6.45) is 0. The maximum absolute atomic E-state index is 13.4. The van der Waals surface area contributed by atoms with E-state index in [1.165, 1.54) is 24.3 Å². The lowest BCUT2D eigenvalue weighted by molar-refractivity contribution is 0.0951. The van der Waals surface area contributed by atoms with E-state index in [2.05, 4.69) is 14.9 Å². The minimum atomic E-state index is -4.11. The van der Waals surface area contributed by atoms with Crippen LogP contribution < -0.4 is 14.9 Å². The van der Waals surface area contributed by atoms with E-state index in [4.69, 9.17) is 0 Å². The van der Waals surface area contributed by atoms with Gasteiger partial charge in [0.15, 0.2) is 11.6 Å². The molecule has 3 rings (SSSR count). The third-order valence-electron chi connectivity index (χ3n) is 4.98. The summed E-state index contributed by atoms with van der Waals surface area (Å²) in [6.45, 7) is 2.40. The molecule has 0 saturated carbocycles. The van der Waals surface area contributed by atoms with Gasteiger partial charge < -0.3 is 10.2 Å². The Kier molecular flexibility index (Phi) is 7.09. The van der Waals surface area contributed by atoms with Crippen molar-refractivity contribution < 1.29 is 22.0 Å². The fraction of sp³-hybridized carbons (Fsp3) is 0.174. The van der Waals surface area contributed by atoms with Gasteiger partial charge >= 0.3 is 0 Å². The first kappa shape index (κ1) is 23.2. The van der Waals surface area contributed by atoms with E-state index >= 15 is 0 Å². The Morgan fingerprint density at radius 3 is 2.25 bits per heavy atom. The molecular weight excluding hydrogens is 436 g/mol. The molecule has 0 saturated heterocycles. The SMILES string of the molecule is CC(CNC(=O)c1ccc(NS(=O)(=O)c2ccc(F)c(F)c2)cc1)N(C)c1ccccc1. The van der Waals surface area contributed by atoms with Crippen LogP contribution in [0.1, 0.15) is 17.3 Å². The molecule has 0 spiro atoms. The van der Waals surface area contributed by atoms with Crippen LogP contribution in [-0.2, 0) is 10.0 Å². The number of nitrogens with zero attached hydrogens (tertiary/aromatic N) is 1. The van der Waals surface area contributed by atoms with Crippen molar-refractivity contribution in [1.82, 2.24) is 5.32 Å². The van der Waals surface area contributed by atoms with Gasteiger partial charge in [-0.15, -0.1) is 0 Å². The summed E-state index contributed by atoms with van der Waals surface area (Å²) in [4.78, 5) is 14.1. The van der Waals surface area contributed by atoms with Crippen LogP contribution in [-0.4, -0.2) is 34.0 Å². The number of para-hydroxylation sites is 1. The summed E-state index contributed by atoms with van der Waals surface area (Å²) < 4.78 is 53.4. The maximum Gasteiger partial charge on any atom is 0.261 e. The van der Waals surface area contributed by atoms with Crippen molar-refractivity contribution >= 4 is 27.3 Å². The largest absolute Gasteiger partial charge is 0.370 e. The van der Waals surface area contributed by atoms with Crippen molar-refractivity contribution in [1.29, 1.82) is 0 Å². The molecule has 32 heavy (non-hydrogen) atoms. The molecule has 3 aromatic rings. The molecule has 6 nitrogen and oxygen atoms in total. The fourth-order valence-corrected chi connectivity index (χ4v) is 4.01. The Bertz CT molecular complexity index is 1190. The number of likely N-dealkylation sites (N-methyl/N-ethyl adjacent to an activating group) is 1. The fourth-order valence-electron chi connectivity index (χ4n) is 2.94. The van der Waals surface area contributed by atoms with Crippen LogP contribution in [0.4, 0.5) is 20.2 Å². The molecule has 1 unspecified atom stereocenters. The molecule has 0 fully saturated rings. The topological polar surface area (TPSA) is 78.5 Å². The standard InChI is InChI=1S/C23H23F2N3O3S/c1-16(28(2)19-6-4-3-5-7-19)15-26-23(29)17-8-10-18(11-9-17)27-32(30,31)20-12-13-21(24)22(25)14-20/h3-14,16,27H,15H2,1-2H3,(H,26,29). The number of benzene rings is 3. The second-order valence-electron chi connectivity index (χ2n) is 7.26. The molecular formula is C23H23F2N3O3S. The summed E-state index contributed by atoms with van der Waals surface area (Å²) >= 11 is 0. The first-order valence-electron chi connectivity index (χ1n) is 9.81. The number of hydrogen-bond acceptors (Lipinski definition) is 4. The number of hydrogen-bond donors (Lipinski definition) is 2. The zero-order valence-electron chi connectivity index (χ0n) is 17.5. The summed E-state index contributed by atoms with van der Waals surface area (Å²) in [6, 6.07) is 18.0. The minimum absolute atomic E-state index is 0.0449. The number of halogens is 2. The van der Waals surface area contributed by atoms with Crippen LogP contribution in [0.25, 0.3) is 0 Å². The molecule has 9 heteroatoms. The molecule has 2 N–H and O–H groups in total. The van der Waals surface area contributed by atoms with Crippen molar-refractivity contribution in [3.8, 4) is 0 Å². The summed E-state index contributed by atoms with van der Waals surface area (Å²) in [5, 5.41) is 2.86. The van der Waals surface area contributed by atoms with Crippen molar-refractivity contribution in [2.45, 2.75) is 17.9 Å². The van der Waals surface area contributed by atoms with E-state index in [-0.39, 0.29) is 17.6 Å². The third kappa shape index (κ3) is 5.61. The Balaban J connectivity index is 1.60. The number of nitrogens with one attached hydrogen (secondary N) is 2. The highest BCUT2D eigenvalue weighted by Crippen LogP contribution is 2.19. The number of amides is 1. The van der Waals surface area contributed by atoms with Gasteiger partial charge in [0.05, 0.1) is 4.90 Å². The maximum atomic E-state index is 13.4. The predicted molar refractivity (Wildman–Crippen MR) is 120 cm³/mol. The normalized spacial score (nSPS) is 12.1. The third-order valence-corrected chi connectivity index (χ3v) is 6.36. The lowest BCUT2D eigenvalue weighted by Crippen LogP contribution is -2.40. The summed E-state index contributed by atoms with van der Waals surface area (Å²) in [7, 11) is -2.16. The van der Waals surface area contributed by atoms with Crippen LogP contribution in [0.15, 0.2) is 77.7 Å². The molecule has 0 aliphatic rings. The number of carbonyl (C=O) groups is 1. The van der Waals surface area contributed by atoms with E-state index in [9.17, 15) is 22.0 Å². The molecule has 1 amide bonds. The van der Waals surface area contributed by atoms with E-state index in [1.54, 1.807) is 0 Å². The Morgan fingerprint density at radius 2 is 1.62 bits per heavy atom. The van der Waals surface area contributed by atoms with Gasteiger partial charge in [-0.25, -0.2) is 17.2 Å². The average Bonchev–Trinajstić information content (AvgIpc) is 2.79.